The van der Waals surface area contributed by atoms with Gasteiger partial charge >= 0.3 is 133 Å². The molecule has 114 valence electrons. The van der Waals surface area contributed by atoms with Crippen molar-refractivity contribution in [1.29, 1.82) is 0 Å². The third-order valence-electron chi connectivity index (χ3n) is 3.92. The third-order valence-corrected chi connectivity index (χ3v) is 25.2. The Kier molecular flexibility index (Phi) is 10.0. The fourth-order valence-electron chi connectivity index (χ4n) is 2.65. The summed E-state index contributed by atoms with van der Waals surface area (Å²) >= 11 is -2.09. The normalized spacial score (nSPS) is 11.8. The van der Waals surface area contributed by atoms with Gasteiger partial charge in [-0.25, -0.2) is 0 Å². The van der Waals surface area contributed by atoms with Crippen molar-refractivity contribution in [1.82, 2.24) is 4.98 Å². The molecule has 0 saturated carbocycles. The fraction of sp³-hybridized carbons (Fsp3) is 0.706. The maximum absolute atomic E-state index is 4.60. The molecule has 0 aliphatic heterocycles. The van der Waals surface area contributed by atoms with E-state index in [-0.39, 0.29) is 0 Å². The number of hydrogen-bond donors (Lipinski definition) is 0. The second-order valence-corrected chi connectivity index (χ2v) is 25.0. The van der Waals surface area contributed by atoms with Crippen LogP contribution in [0.4, 0.5) is 0 Å². The molecule has 0 spiro atoms. The fourth-order valence-corrected chi connectivity index (χ4v) is 24.7. The van der Waals surface area contributed by atoms with E-state index in [1.54, 1.807) is 13.3 Å². The van der Waals surface area contributed by atoms with Crippen molar-refractivity contribution in [2.45, 2.75) is 77.6 Å². The molecule has 0 aliphatic rings. The molecule has 0 fully saturated rings. The molecule has 0 bridgehead atoms. The van der Waals surface area contributed by atoms with Crippen molar-refractivity contribution in [2.75, 3.05) is 0 Å². The molecule has 1 rings (SSSR count). The molecule has 0 unspecified atom stereocenters. The molecule has 0 amide bonds. The van der Waals surface area contributed by atoms with Crippen LogP contribution in [0.15, 0.2) is 29.4 Å². The Hall–Kier alpha value is 0.299. The standard InChI is InChI=1S/C5H5NS.3C4H9.Sn/c7-5-3-1-2-4-6-5;3*1-3-4-2;/h1-4H,(H,6,7);3*1,3-4H2,2H3;/q;;;;+1/p-1. The summed E-state index contributed by atoms with van der Waals surface area (Å²) in [5.74, 6) is 0. The van der Waals surface area contributed by atoms with E-state index in [4.69, 9.17) is 0 Å². The van der Waals surface area contributed by atoms with Crippen molar-refractivity contribution < 1.29 is 0 Å². The average molecular weight is 400 g/mol. The summed E-state index contributed by atoms with van der Waals surface area (Å²) in [6, 6.07) is 6.40. The van der Waals surface area contributed by atoms with Gasteiger partial charge in [-0.15, -0.1) is 0 Å². The SMILES string of the molecule is CCC[CH2][Sn]([CH2]CCC)([CH2]CCC)[S]c1ccccn1. The van der Waals surface area contributed by atoms with Crippen LogP contribution < -0.4 is 0 Å². The number of unbranched alkanes of at least 4 members (excludes halogenated alkanes) is 3. The predicted octanol–water partition coefficient (Wildman–Crippen LogP) is 6.52. The number of pyridine rings is 1. The van der Waals surface area contributed by atoms with E-state index in [0.717, 1.165) is 0 Å². The minimum absolute atomic E-state index is 1.30. The Morgan fingerprint density at radius 1 is 0.900 bits per heavy atom. The summed E-state index contributed by atoms with van der Waals surface area (Å²) in [5.41, 5.74) is 0. The van der Waals surface area contributed by atoms with Crippen LogP contribution in [0.3, 0.4) is 0 Å². The Bertz CT molecular complexity index is 320. The zero-order chi connectivity index (χ0) is 14.7. The molecule has 0 atom stereocenters. The molecule has 0 saturated heterocycles. The molecule has 0 aliphatic carbocycles. The first-order valence-corrected chi connectivity index (χ1v) is 18.7. The molecule has 1 aromatic heterocycles. The van der Waals surface area contributed by atoms with Gasteiger partial charge in [0.05, 0.1) is 0 Å². The zero-order valence-corrected chi connectivity index (χ0v) is 17.2. The van der Waals surface area contributed by atoms with Crippen LogP contribution in [0.1, 0.15) is 59.3 Å². The van der Waals surface area contributed by atoms with Crippen LogP contribution in [0.25, 0.3) is 0 Å². The van der Waals surface area contributed by atoms with E-state index in [0.29, 0.717) is 0 Å². The first-order valence-electron chi connectivity index (χ1n) is 8.36. The summed E-state index contributed by atoms with van der Waals surface area (Å²) in [6.07, 6.45) is 10.3. The molecular weight excluding hydrogens is 369 g/mol. The second kappa shape index (κ2) is 10.9. The van der Waals surface area contributed by atoms with Crippen LogP contribution >= 0.6 is 8.95 Å². The Morgan fingerprint density at radius 2 is 1.45 bits per heavy atom. The van der Waals surface area contributed by atoms with Crippen molar-refractivity contribution >= 4 is 25.9 Å². The van der Waals surface area contributed by atoms with Crippen molar-refractivity contribution in [2.24, 2.45) is 0 Å². The summed E-state index contributed by atoms with van der Waals surface area (Å²) < 4.78 is 4.64. The van der Waals surface area contributed by atoms with Gasteiger partial charge in [-0.05, 0) is 0 Å². The first-order chi connectivity index (χ1) is 9.76. The monoisotopic (exact) mass is 401 g/mol. The summed E-state index contributed by atoms with van der Waals surface area (Å²) in [4.78, 5) is 4.60. The molecule has 0 N–H and O–H groups in total. The van der Waals surface area contributed by atoms with Gasteiger partial charge in [-0.3, -0.25) is 0 Å². The third kappa shape index (κ3) is 6.84. The van der Waals surface area contributed by atoms with Gasteiger partial charge in [-0.1, -0.05) is 0 Å². The summed E-state index contributed by atoms with van der Waals surface area (Å²) in [6.45, 7) is 7.01. The van der Waals surface area contributed by atoms with Gasteiger partial charge in [-0.2, -0.15) is 0 Å². The van der Waals surface area contributed by atoms with Crippen molar-refractivity contribution in [3.05, 3.63) is 24.4 Å². The average Bonchev–Trinajstić information content (AvgIpc) is 2.49. The predicted molar refractivity (Wildman–Crippen MR) is 95.0 cm³/mol. The molecule has 3 heteroatoms. The zero-order valence-electron chi connectivity index (χ0n) is 13.5. The Labute approximate surface area is 132 Å². The van der Waals surface area contributed by atoms with Crippen LogP contribution in [0.5, 0.6) is 0 Å². The topological polar surface area (TPSA) is 12.9 Å². The van der Waals surface area contributed by atoms with E-state index in [1.165, 1.54) is 43.6 Å². The van der Waals surface area contributed by atoms with Gasteiger partial charge in [0.1, 0.15) is 0 Å². The number of nitrogens with zero attached hydrogens (tertiary/aromatic N) is 1. The molecular formula is C17H31NSSn. The number of rotatable bonds is 11. The molecule has 1 nitrogen and oxygen atoms in total. The Balaban J connectivity index is 2.81. The van der Waals surface area contributed by atoms with Crippen LogP contribution in [0, 0.1) is 0 Å². The van der Waals surface area contributed by atoms with Gasteiger partial charge < -0.3 is 0 Å². The number of hydrogen-bond acceptors (Lipinski definition) is 2. The Morgan fingerprint density at radius 3 is 1.85 bits per heavy atom. The van der Waals surface area contributed by atoms with E-state index in [9.17, 15) is 0 Å². The van der Waals surface area contributed by atoms with E-state index in [1.807, 2.05) is 12.3 Å². The minimum atomic E-state index is -2.09. The summed E-state index contributed by atoms with van der Waals surface area (Å²) in [5, 5.41) is 1.30. The molecule has 20 heavy (non-hydrogen) atoms. The second-order valence-electron chi connectivity index (χ2n) is 5.76. The van der Waals surface area contributed by atoms with Gasteiger partial charge in [0, 0.05) is 0 Å². The van der Waals surface area contributed by atoms with Crippen LogP contribution in [-0.4, -0.2) is 22.0 Å². The van der Waals surface area contributed by atoms with E-state index >= 15 is 0 Å². The molecule has 0 radical (unpaired) electrons. The van der Waals surface area contributed by atoms with Crippen molar-refractivity contribution in [3.63, 3.8) is 0 Å². The van der Waals surface area contributed by atoms with Crippen LogP contribution in [0.2, 0.25) is 13.3 Å². The van der Waals surface area contributed by atoms with Gasteiger partial charge in [0.15, 0.2) is 0 Å². The maximum atomic E-state index is 4.60. The van der Waals surface area contributed by atoms with E-state index in [2.05, 4.69) is 46.8 Å². The van der Waals surface area contributed by atoms with Crippen molar-refractivity contribution in [3.8, 4) is 0 Å². The van der Waals surface area contributed by atoms with Gasteiger partial charge in [0.2, 0.25) is 0 Å². The van der Waals surface area contributed by atoms with Gasteiger partial charge in [0.25, 0.3) is 0 Å². The number of aromatic nitrogens is 1. The van der Waals surface area contributed by atoms with E-state index < -0.39 is 17.0 Å². The quantitative estimate of drug-likeness (QED) is 0.392. The van der Waals surface area contributed by atoms with Crippen LogP contribution in [-0.2, 0) is 0 Å². The molecule has 1 aromatic rings. The first kappa shape index (κ1) is 18.3. The molecule has 1 heterocycles. The molecule has 0 aromatic carbocycles. The summed E-state index contributed by atoms with van der Waals surface area (Å²) in [7, 11) is 2.25.